The molecule has 19 heavy (non-hydrogen) atoms. The number of hydrogen-bond acceptors (Lipinski definition) is 2. The molecule has 1 spiro atoms. The van der Waals surface area contributed by atoms with Crippen molar-refractivity contribution in [3.05, 3.63) is 28.2 Å². The number of hydrogen-bond donors (Lipinski definition) is 1. The van der Waals surface area contributed by atoms with Gasteiger partial charge in [-0.1, -0.05) is 48.5 Å². The van der Waals surface area contributed by atoms with Crippen LogP contribution in [0, 0.1) is 5.41 Å². The van der Waals surface area contributed by atoms with E-state index < -0.39 is 0 Å². The SMILES string of the molecule is NC1CC(Oc2c(Cl)cccc2Cl)C12CCCCC2. The lowest BCUT2D eigenvalue weighted by Gasteiger charge is -2.56. The zero-order valence-corrected chi connectivity index (χ0v) is 12.4. The van der Waals surface area contributed by atoms with Crippen molar-refractivity contribution in [3.8, 4) is 5.75 Å². The smallest absolute Gasteiger partial charge is 0.156 e. The number of ether oxygens (including phenoxy) is 1. The van der Waals surface area contributed by atoms with Crippen molar-refractivity contribution in [2.24, 2.45) is 11.1 Å². The summed E-state index contributed by atoms with van der Waals surface area (Å²) in [6.07, 6.45) is 7.23. The number of nitrogens with two attached hydrogens (primary N) is 1. The first kappa shape index (κ1) is 13.5. The first-order valence-electron chi connectivity index (χ1n) is 7.00. The Hall–Kier alpha value is -0.440. The maximum absolute atomic E-state index is 6.26. The largest absolute Gasteiger partial charge is 0.487 e. The summed E-state index contributed by atoms with van der Waals surface area (Å²) >= 11 is 12.4. The molecule has 0 saturated heterocycles. The lowest BCUT2D eigenvalue weighted by atomic mass is 9.55. The van der Waals surface area contributed by atoms with Crippen LogP contribution in [0.2, 0.25) is 10.0 Å². The van der Waals surface area contributed by atoms with Crippen LogP contribution in [0.1, 0.15) is 38.5 Å². The lowest BCUT2D eigenvalue weighted by molar-refractivity contribution is -0.0897. The monoisotopic (exact) mass is 299 g/mol. The van der Waals surface area contributed by atoms with Crippen molar-refractivity contribution in [3.63, 3.8) is 0 Å². The average Bonchev–Trinajstić information content (AvgIpc) is 2.43. The molecule has 0 radical (unpaired) electrons. The Morgan fingerprint density at radius 3 is 2.32 bits per heavy atom. The summed E-state index contributed by atoms with van der Waals surface area (Å²) in [5, 5.41) is 1.16. The highest BCUT2D eigenvalue weighted by atomic mass is 35.5. The Bertz CT molecular complexity index is 451. The molecule has 2 aliphatic rings. The summed E-state index contributed by atoms with van der Waals surface area (Å²) in [7, 11) is 0. The van der Waals surface area contributed by atoms with Gasteiger partial charge in [0.15, 0.2) is 5.75 Å². The standard InChI is InChI=1S/C15H19Cl2NO/c16-10-5-4-6-11(17)14(10)19-13-9-12(18)15(13)7-2-1-3-8-15/h4-6,12-13H,1-3,7-9,18H2. The molecule has 2 nitrogen and oxygen atoms in total. The van der Waals surface area contributed by atoms with E-state index in [2.05, 4.69) is 0 Å². The van der Waals surface area contributed by atoms with Gasteiger partial charge in [0.2, 0.25) is 0 Å². The molecule has 2 saturated carbocycles. The van der Waals surface area contributed by atoms with Crippen molar-refractivity contribution in [1.29, 1.82) is 0 Å². The highest BCUT2D eigenvalue weighted by Crippen LogP contribution is 2.53. The molecule has 0 aliphatic heterocycles. The van der Waals surface area contributed by atoms with Crippen LogP contribution in [0.15, 0.2) is 18.2 Å². The van der Waals surface area contributed by atoms with Gasteiger partial charge in [-0.05, 0) is 25.0 Å². The minimum atomic E-state index is 0.154. The van der Waals surface area contributed by atoms with Crippen molar-refractivity contribution >= 4 is 23.2 Å². The summed E-state index contributed by atoms with van der Waals surface area (Å²) in [5.74, 6) is 0.618. The van der Waals surface area contributed by atoms with Gasteiger partial charge < -0.3 is 10.5 Å². The summed E-state index contributed by atoms with van der Waals surface area (Å²) in [6.45, 7) is 0. The molecule has 104 valence electrons. The number of halogens is 2. The molecule has 1 aromatic carbocycles. The molecular formula is C15H19Cl2NO. The highest BCUT2D eigenvalue weighted by Gasteiger charge is 2.55. The number of benzene rings is 1. The average molecular weight is 300 g/mol. The third kappa shape index (κ3) is 2.24. The molecule has 0 heterocycles. The van der Waals surface area contributed by atoms with E-state index in [9.17, 15) is 0 Å². The van der Waals surface area contributed by atoms with Gasteiger partial charge in [-0.25, -0.2) is 0 Å². The zero-order chi connectivity index (χ0) is 13.5. The van der Waals surface area contributed by atoms with Crippen molar-refractivity contribution in [2.45, 2.75) is 50.7 Å². The fourth-order valence-electron chi connectivity index (χ4n) is 3.58. The minimum Gasteiger partial charge on any atom is -0.487 e. The van der Waals surface area contributed by atoms with Crippen LogP contribution in [-0.4, -0.2) is 12.1 Å². The van der Waals surface area contributed by atoms with Gasteiger partial charge in [-0.3, -0.25) is 0 Å². The minimum absolute atomic E-state index is 0.154. The zero-order valence-electron chi connectivity index (χ0n) is 10.9. The van der Waals surface area contributed by atoms with Gasteiger partial charge in [0.05, 0.1) is 10.0 Å². The number of rotatable bonds is 2. The highest BCUT2D eigenvalue weighted by molar-refractivity contribution is 6.37. The van der Waals surface area contributed by atoms with Crippen LogP contribution in [0.25, 0.3) is 0 Å². The van der Waals surface area contributed by atoms with Gasteiger partial charge in [-0.15, -0.1) is 0 Å². The molecule has 2 aliphatic carbocycles. The third-order valence-corrected chi connectivity index (χ3v) is 5.41. The van der Waals surface area contributed by atoms with E-state index in [0.29, 0.717) is 15.8 Å². The molecule has 0 amide bonds. The van der Waals surface area contributed by atoms with Gasteiger partial charge in [0.1, 0.15) is 6.10 Å². The fraction of sp³-hybridized carbons (Fsp3) is 0.600. The maximum atomic E-state index is 6.26. The van der Waals surface area contributed by atoms with Gasteiger partial charge in [0, 0.05) is 17.9 Å². The topological polar surface area (TPSA) is 35.2 Å². The van der Waals surface area contributed by atoms with Crippen LogP contribution < -0.4 is 10.5 Å². The first-order chi connectivity index (χ1) is 9.13. The van der Waals surface area contributed by atoms with Gasteiger partial charge in [0.25, 0.3) is 0 Å². The molecule has 2 atom stereocenters. The lowest BCUT2D eigenvalue weighted by Crippen LogP contribution is -2.64. The Morgan fingerprint density at radius 2 is 1.74 bits per heavy atom. The van der Waals surface area contributed by atoms with Crippen molar-refractivity contribution in [1.82, 2.24) is 0 Å². The third-order valence-electron chi connectivity index (χ3n) is 4.81. The second kappa shape index (κ2) is 5.16. The van der Waals surface area contributed by atoms with E-state index in [1.165, 1.54) is 32.1 Å². The van der Waals surface area contributed by atoms with Crippen LogP contribution in [0.5, 0.6) is 5.75 Å². The quantitative estimate of drug-likeness (QED) is 0.877. The molecule has 2 N–H and O–H groups in total. The van der Waals surface area contributed by atoms with Crippen LogP contribution >= 0.6 is 23.2 Å². The van der Waals surface area contributed by atoms with E-state index in [0.717, 1.165) is 6.42 Å². The normalized spacial score (nSPS) is 29.0. The predicted molar refractivity (Wildman–Crippen MR) is 79.0 cm³/mol. The van der Waals surface area contributed by atoms with Crippen molar-refractivity contribution < 1.29 is 4.74 Å². The van der Waals surface area contributed by atoms with Crippen LogP contribution in [0.3, 0.4) is 0 Å². The Kier molecular flexibility index (Phi) is 3.67. The second-order valence-corrected chi connectivity index (χ2v) is 6.61. The summed E-state index contributed by atoms with van der Waals surface area (Å²) in [5.41, 5.74) is 6.42. The van der Waals surface area contributed by atoms with Crippen LogP contribution in [0.4, 0.5) is 0 Å². The summed E-state index contributed by atoms with van der Waals surface area (Å²) in [6, 6.07) is 5.73. The molecular weight excluding hydrogens is 281 g/mol. The molecule has 3 rings (SSSR count). The Balaban J connectivity index is 1.80. The van der Waals surface area contributed by atoms with Gasteiger partial charge in [-0.2, -0.15) is 0 Å². The predicted octanol–water partition coefficient (Wildman–Crippen LogP) is 4.42. The Morgan fingerprint density at radius 1 is 1.11 bits per heavy atom. The number of para-hydroxylation sites is 1. The van der Waals surface area contributed by atoms with E-state index in [1.807, 2.05) is 18.2 Å². The summed E-state index contributed by atoms with van der Waals surface area (Å²) < 4.78 is 6.13. The Labute approximate surface area is 124 Å². The van der Waals surface area contributed by atoms with Crippen molar-refractivity contribution in [2.75, 3.05) is 0 Å². The summed E-state index contributed by atoms with van der Waals surface area (Å²) in [4.78, 5) is 0. The second-order valence-electron chi connectivity index (χ2n) is 5.79. The van der Waals surface area contributed by atoms with E-state index in [1.54, 1.807) is 0 Å². The molecule has 0 aromatic heterocycles. The van der Waals surface area contributed by atoms with Gasteiger partial charge >= 0.3 is 0 Å². The molecule has 1 aromatic rings. The molecule has 0 bridgehead atoms. The molecule has 2 fully saturated rings. The van der Waals surface area contributed by atoms with E-state index >= 15 is 0 Å². The molecule has 2 unspecified atom stereocenters. The maximum Gasteiger partial charge on any atom is 0.156 e. The van der Waals surface area contributed by atoms with E-state index in [4.69, 9.17) is 33.7 Å². The van der Waals surface area contributed by atoms with Crippen LogP contribution in [-0.2, 0) is 0 Å². The fourth-order valence-corrected chi connectivity index (χ4v) is 4.07. The molecule has 4 heteroatoms. The first-order valence-corrected chi connectivity index (χ1v) is 7.75. The van der Waals surface area contributed by atoms with E-state index in [-0.39, 0.29) is 17.6 Å².